The molecule has 0 aliphatic rings. The third-order valence-electron chi connectivity index (χ3n) is 2.03. The number of nitrogens with zero attached hydrogens (tertiary/aromatic N) is 2. The van der Waals surface area contributed by atoms with Crippen LogP contribution in [-0.4, -0.2) is 15.1 Å². The smallest absolute Gasteiger partial charge is 0.276 e. The summed E-state index contributed by atoms with van der Waals surface area (Å²) in [7, 11) is 0. The fourth-order valence-electron chi connectivity index (χ4n) is 1.36. The van der Waals surface area contributed by atoms with E-state index in [1.807, 2.05) is 0 Å². The number of hydrogen-bond acceptors (Lipinski definition) is 3. The summed E-state index contributed by atoms with van der Waals surface area (Å²) in [5, 5.41) is 17.6. The van der Waals surface area contributed by atoms with E-state index >= 15 is 0 Å². The molecule has 82 valence electrons. The molecule has 2 aromatic rings. The molecule has 0 amide bonds. The van der Waals surface area contributed by atoms with Crippen LogP contribution in [0.15, 0.2) is 24.4 Å². The molecule has 0 saturated carbocycles. The zero-order valence-electron chi connectivity index (χ0n) is 7.78. The van der Waals surface area contributed by atoms with Crippen molar-refractivity contribution < 1.29 is 4.92 Å². The SMILES string of the molecule is O=[N+]([O-])c1c(Cl)cccc1-c1[nH]ncc1Cl. The van der Waals surface area contributed by atoms with Crippen LogP contribution in [0.3, 0.4) is 0 Å². The lowest BCUT2D eigenvalue weighted by atomic mass is 10.1. The summed E-state index contributed by atoms with van der Waals surface area (Å²) in [5.41, 5.74) is 0.520. The highest BCUT2D eigenvalue weighted by Crippen LogP contribution is 2.37. The van der Waals surface area contributed by atoms with Gasteiger partial charge in [-0.2, -0.15) is 5.10 Å². The molecule has 0 saturated heterocycles. The number of hydrogen-bond donors (Lipinski definition) is 1. The normalized spacial score (nSPS) is 10.4. The molecule has 2 rings (SSSR count). The van der Waals surface area contributed by atoms with Crippen molar-refractivity contribution in [3.63, 3.8) is 0 Å². The zero-order valence-corrected chi connectivity index (χ0v) is 9.29. The highest BCUT2D eigenvalue weighted by molar-refractivity contribution is 6.34. The van der Waals surface area contributed by atoms with Crippen molar-refractivity contribution in [2.45, 2.75) is 0 Å². The van der Waals surface area contributed by atoms with E-state index in [1.54, 1.807) is 12.1 Å². The molecule has 5 nitrogen and oxygen atoms in total. The third-order valence-corrected chi connectivity index (χ3v) is 2.62. The largest absolute Gasteiger partial charge is 0.297 e. The van der Waals surface area contributed by atoms with Crippen molar-refractivity contribution in [2.24, 2.45) is 0 Å². The van der Waals surface area contributed by atoms with Gasteiger partial charge in [0.1, 0.15) is 5.02 Å². The van der Waals surface area contributed by atoms with Crippen molar-refractivity contribution in [3.8, 4) is 11.3 Å². The lowest BCUT2D eigenvalue weighted by Gasteiger charge is -2.02. The van der Waals surface area contributed by atoms with E-state index in [9.17, 15) is 10.1 Å². The van der Waals surface area contributed by atoms with Crippen LogP contribution in [0.1, 0.15) is 0 Å². The topological polar surface area (TPSA) is 71.8 Å². The lowest BCUT2D eigenvalue weighted by Crippen LogP contribution is -1.93. The number of aromatic nitrogens is 2. The van der Waals surface area contributed by atoms with Gasteiger partial charge in [-0.15, -0.1) is 0 Å². The second kappa shape index (κ2) is 4.11. The summed E-state index contributed by atoms with van der Waals surface area (Å²) >= 11 is 11.6. The Morgan fingerprint density at radius 2 is 2.06 bits per heavy atom. The second-order valence-corrected chi connectivity index (χ2v) is 3.80. The summed E-state index contributed by atoms with van der Waals surface area (Å²) in [5.74, 6) is 0. The van der Waals surface area contributed by atoms with Crippen molar-refractivity contribution in [3.05, 3.63) is 44.6 Å². The summed E-state index contributed by atoms with van der Waals surface area (Å²) in [6.07, 6.45) is 1.38. The summed E-state index contributed by atoms with van der Waals surface area (Å²) in [6, 6.07) is 4.62. The predicted molar refractivity (Wildman–Crippen MR) is 60.7 cm³/mol. The van der Waals surface area contributed by atoms with Gasteiger partial charge in [-0.05, 0) is 12.1 Å². The average molecular weight is 258 g/mol. The van der Waals surface area contributed by atoms with Crippen LogP contribution in [-0.2, 0) is 0 Å². The Morgan fingerprint density at radius 1 is 1.31 bits per heavy atom. The number of halogens is 2. The number of nitro benzene ring substituents is 1. The fourth-order valence-corrected chi connectivity index (χ4v) is 1.80. The number of aromatic amines is 1. The van der Waals surface area contributed by atoms with Gasteiger partial charge in [-0.1, -0.05) is 29.3 Å². The van der Waals surface area contributed by atoms with Gasteiger partial charge in [0.2, 0.25) is 0 Å². The van der Waals surface area contributed by atoms with Crippen LogP contribution in [0.5, 0.6) is 0 Å². The molecule has 7 heteroatoms. The Morgan fingerprint density at radius 3 is 2.62 bits per heavy atom. The van der Waals surface area contributed by atoms with Gasteiger partial charge in [0, 0.05) is 0 Å². The Bertz CT molecular complexity index is 553. The molecule has 1 aromatic heterocycles. The fraction of sp³-hybridized carbons (Fsp3) is 0. The van der Waals surface area contributed by atoms with Crippen molar-refractivity contribution in [1.82, 2.24) is 10.2 Å². The third kappa shape index (κ3) is 1.75. The summed E-state index contributed by atoms with van der Waals surface area (Å²) in [6.45, 7) is 0. The summed E-state index contributed by atoms with van der Waals surface area (Å²) < 4.78 is 0. The van der Waals surface area contributed by atoms with Gasteiger partial charge < -0.3 is 0 Å². The average Bonchev–Trinajstić information content (AvgIpc) is 2.63. The van der Waals surface area contributed by atoms with Gasteiger partial charge in [0.05, 0.1) is 27.4 Å². The van der Waals surface area contributed by atoms with E-state index in [2.05, 4.69) is 10.2 Å². The molecular formula is C9H5Cl2N3O2. The van der Waals surface area contributed by atoms with E-state index in [0.29, 0.717) is 16.3 Å². The molecule has 0 aliphatic carbocycles. The monoisotopic (exact) mass is 257 g/mol. The first-order valence-corrected chi connectivity index (χ1v) is 4.99. The number of nitro groups is 1. The minimum atomic E-state index is -0.547. The van der Waals surface area contributed by atoms with Crippen LogP contribution < -0.4 is 0 Å². The number of nitrogens with one attached hydrogen (secondary N) is 1. The molecule has 0 spiro atoms. The van der Waals surface area contributed by atoms with E-state index in [4.69, 9.17) is 23.2 Å². The molecule has 0 fully saturated rings. The molecule has 0 radical (unpaired) electrons. The van der Waals surface area contributed by atoms with Crippen molar-refractivity contribution in [2.75, 3.05) is 0 Å². The number of para-hydroxylation sites is 1. The van der Waals surface area contributed by atoms with E-state index in [-0.39, 0.29) is 10.7 Å². The highest BCUT2D eigenvalue weighted by atomic mass is 35.5. The van der Waals surface area contributed by atoms with Gasteiger partial charge in [-0.25, -0.2) is 0 Å². The Labute approximate surface area is 100 Å². The highest BCUT2D eigenvalue weighted by Gasteiger charge is 2.21. The van der Waals surface area contributed by atoms with Crippen LogP contribution in [0, 0.1) is 10.1 Å². The Kier molecular flexibility index (Phi) is 2.80. The van der Waals surface area contributed by atoms with Crippen LogP contribution in [0.25, 0.3) is 11.3 Å². The molecule has 1 heterocycles. The first-order valence-electron chi connectivity index (χ1n) is 4.23. The maximum Gasteiger partial charge on any atom is 0.297 e. The quantitative estimate of drug-likeness (QED) is 0.663. The molecule has 0 unspecified atom stereocenters. The standard InChI is InChI=1S/C9H5Cl2N3O2/c10-6-3-1-2-5(9(6)14(15)16)8-7(11)4-12-13-8/h1-4H,(H,12,13). The van der Waals surface area contributed by atoms with E-state index in [1.165, 1.54) is 12.3 Å². The van der Waals surface area contributed by atoms with Crippen LogP contribution in [0.2, 0.25) is 10.0 Å². The number of benzene rings is 1. The first-order chi connectivity index (χ1) is 7.61. The van der Waals surface area contributed by atoms with Crippen molar-refractivity contribution in [1.29, 1.82) is 0 Å². The molecule has 16 heavy (non-hydrogen) atoms. The van der Waals surface area contributed by atoms with Gasteiger partial charge in [-0.3, -0.25) is 15.2 Å². The van der Waals surface area contributed by atoms with E-state index < -0.39 is 4.92 Å². The van der Waals surface area contributed by atoms with Crippen LogP contribution >= 0.6 is 23.2 Å². The van der Waals surface area contributed by atoms with Gasteiger partial charge in [0.25, 0.3) is 5.69 Å². The molecule has 0 aliphatic heterocycles. The molecule has 0 atom stereocenters. The minimum Gasteiger partial charge on any atom is -0.276 e. The molecule has 1 aromatic carbocycles. The number of H-pyrrole nitrogens is 1. The maximum absolute atomic E-state index is 10.9. The Hall–Kier alpha value is -1.59. The van der Waals surface area contributed by atoms with Crippen molar-refractivity contribution >= 4 is 28.9 Å². The lowest BCUT2D eigenvalue weighted by molar-refractivity contribution is -0.384. The molecular weight excluding hydrogens is 253 g/mol. The maximum atomic E-state index is 10.9. The molecule has 0 bridgehead atoms. The molecule has 1 N–H and O–H groups in total. The zero-order chi connectivity index (χ0) is 11.7. The minimum absolute atomic E-state index is 0.0631. The predicted octanol–water partition coefficient (Wildman–Crippen LogP) is 3.29. The van der Waals surface area contributed by atoms with Crippen LogP contribution in [0.4, 0.5) is 5.69 Å². The summed E-state index contributed by atoms with van der Waals surface area (Å²) in [4.78, 5) is 10.3. The Balaban J connectivity index is 2.70. The van der Waals surface area contributed by atoms with E-state index in [0.717, 1.165) is 0 Å². The number of rotatable bonds is 2. The van der Waals surface area contributed by atoms with Gasteiger partial charge >= 0.3 is 0 Å². The van der Waals surface area contributed by atoms with Gasteiger partial charge in [0.15, 0.2) is 0 Å². The first kappa shape index (κ1) is 10.9. The second-order valence-electron chi connectivity index (χ2n) is 2.99.